The van der Waals surface area contributed by atoms with Crippen LogP contribution in [0.2, 0.25) is 0 Å². The molecule has 1 aromatic carbocycles. The van der Waals surface area contributed by atoms with E-state index < -0.39 is 0 Å². The lowest BCUT2D eigenvalue weighted by molar-refractivity contribution is 0.0992. The van der Waals surface area contributed by atoms with Crippen LogP contribution in [0.5, 0.6) is 0 Å². The molecule has 5 heteroatoms. The number of nitrogens with zero attached hydrogens (tertiary/aromatic N) is 2. The Morgan fingerprint density at radius 2 is 1.94 bits per heavy atom. The minimum absolute atomic E-state index is 0.114. The molecule has 92 valence electrons. The molecule has 0 spiro atoms. The van der Waals surface area contributed by atoms with Crippen LogP contribution in [0.1, 0.15) is 10.4 Å². The number of anilines is 2. The van der Waals surface area contributed by atoms with Crippen molar-refractivity contribution in [1.82, 2.24) is 4.98 Å². The molecule has 0 fully saturated rings. The van der Waals surface area contributed by atoms with Gasteiger partial charge in [0.05, 0.1) is 5.56 Å². The summed E-state index contributed by atoms with van der Waals surface area (Å²) in [4.78, 5) is 17.8. The number of carbonyl (C=O) groups excluding carboxylic acids is 1. The van der Waals surface area contributed by atoms with Gasteiger partial charge in [0, 0.05) is 18.9 Å². The molecule has 0 bridgehead atoms. The van der Waals surface area contributed by atoms with E-state index in [1.165, 1.54) is 6.20 Å². The molecule has 2 rings (SSSR count). The summed E-state index contributed by atoms with van der Waals surface area (Å²) in [5, 5.41) is 0. The number of nitrogen functional groups attached to an aromatic ring is 1. The molecule has 0 aliphatic heterocycles. The quantitative estimate of drug-likeness (QED) is 0.634. The average molecular weight is 242 g/mol. The van der Waals surface area contributed by atoms with E-state index in [1.807, 2.05) is 30.3 Å². The van der Waals surface area contributed by atoms with Crippen molar-refractivity contribution in [2.75, 3.05) is 17.4 Å². The highest BCUT2D eigenvalue weighted by atomic mass is 16.2. The molecule has 0 radical (unpaired) electrons. The van der Waals surface area contributed by atoms with Crippen molar-refractivity contribution in [1.29, 1.82) is 0 Å². The molecule has 0 aliphatic rings. The van der Waals surface area contributed by atoms with Crippen LogP contribution in [0.4, 0.5) is 11.5 Å². The summed E-state index contributed by atoms with van der Waals surface area (Å²) in [6, 6.07) is 12.8. The van der Waals surface area contributed by atoms with Crippen LogP contribution in [-0.4, -0.2) is 17.9 Å². The van der Waals surface area contributed by atoms with Crippen molar-refractivity contribution in [2.24, 2.45) is 5.84 Å². The van der Waals surface area contributed by atoms with E-state index in [2.05, 4.69) is 10.4 Å². The summed E-state index contributed by atoms with van der Waals surface area (Å²) < 4.78 is 0. The van der Waals surface area contributed by atoms with Gasteiger partial charge in [0.15, 0.2) is 0 Å². The summed E-state index contributed by atoms with van der Waals surface area (Å²) in [7, 11) is 1.73. The number of amides is 1. The molecule has 1 aromatic heterocycles. The number of pyridine rings is 1. The monoisotopic (exact) mass is 242 g/mol. The number of nitrogens with one attached hydrogen (secondary N) is 1. The Bertz CT molecular complexity index is 524. The second-order valence-corrected chi connectivity index (χ2v) is 3.78. The maximum absolute atomic E-state index is 12.2. The number of nitrogens with two attached hydrogens (primary N) is 1. The van der Waals surface area contributed by atoms with E-state index in [0.717, 1.165) is 5.69 Å². The van der Waals surface area contributed by atoms with Gasteiger partial charge in [-0.1, -0.05) is 18.2 Å². The molecule has 0 saturated carbocycles. The summed E-state index contributed by atoms with van der Waals surface area (Å²) in [6.07, 6.45) is 1.50. The number of hydrogen-bond acceptors (Lipinski definition) is 4. The van der Waals surface area contributed by atoms with E-state index in [-0.39, 0.29) is 5.91 Å². The first-order chi connectivity index (χ1) is 8.72. The summed E-state index contributed by atoms with van der Waals surface area (Å²) >= 11 is 0. The third-order valence-electron chi connectivity index (χ3n) is 2.61. The first-order valence-corrected chi connectivity index (χ1v) is 5.48. The second kappa shape index (κ2) is 5.29. The smallest absolute Gasteiger partial charge is 0.259 e. The molecule has 1 heterocycles. The summed E-state index contributed by atoms with van der Waals surface area (Å²) in [5.74, 6) is 5.63. The van der Waals surface area contributed by atoms with Crippen LogP contribution in [0, 0.1) is 0 Å². The standard InChI is InChI=1S/C13H14N4O/c1-17(11-5-3-2-4-6-11)13(18)10-7-8-12(16-14)15-9-10/h2-9H,14H2,1H3,(H,15,16). The third-order valence-corrected chi connectivity index (χ3v) is 2.61. The van der Waals surface area contributed by atoms with Crippen molar-refractivity contribution < 1.29 is 4.79 Å². The Balaban J connectivity index is 2.20. The van der Waals surface area contributed by atoms with Crippen LogP contribution in [-0.2, 0) is 0 Å². The Kier molecular flexibility index (Phi) is 3.54. The summed E-state index contributed by atoms with van der Waals surface area (Å²) in [5.41, 5.74) is 3.77. The van der Waals surface area contributed by atoms with E-state index in [4.69, 9.17) is 5.84 Å². The molecule has 2 aromatic rings. The number of carbonyl (C=O) groups is 1. The number of aromatic nitrogens is 1. The van der Waals surface area contributed by atoms with Gasteiger partial charge in [-0.2, -0.15) is 0 Å². The fourth-order valence-corrected chi connectivity index (χ4v) is 1.57. The fourth-order valence-electron chi connectivity index (χ4n) is 1.57. The lowest BCUT2D eigenvalue weighted by atomic mass is 10.2. The van der Waals surface area contributed by atoms with Crippen molar-refractivity contribution in [3.8, 4) is 0 Å². The first kappa shape index (κ1) is 12.1. The molecular formula is C13H14N4O. The molecular weight excluding hydrogens is 228 g/mol. The second-order valence-electron chi connectivity index (χ2n) is 3.78. The summed E-state index contributed by atoms with van der Waals surface area (Å²) in [6.45, 7) is 0. The zero-order valence-corrected chi connectivity index (χ0v) is 10.00. The highest BCUT2D eigenvalue weighted by Crippen LogP contribution is 2.14. The predicted octanol–water partition coefficient (Wildman–Crippen LogP) is 1.64. The number of para-hydroxylation sites is 1. The predicted molar refractivity (Wildman–Crippen MR) is 71.2 cm³/mol. The maximum Gasteiger partial charge on any atom is 0.259 e. The lowest BCUT2D eigenvalue weighted by Crippen LogP contribution is -2.26. The van der Waals surface area contributed by atoms with Crippen molar-refractivity contribution in [3.63, 3.8) is 0 Å². The topological polar surface area (TPSA) is 71.2 Å². The number of rotatable bonds is 3. The van der Waals surface area contributed by atoms with Crippen molar-refractivity contribution in [2.45, 2.75) is 0 Å². The Morgan fingerprint density at radius 1 is 1.22 bits per heavy atom. The van der Waals surface area contributed by atoms with Crippen LogP contribution in [0.15, 0.2) is 48.7 Å². The van der Waals surface area contributed by atoms with Gasteiger partial charge in [0.2, 0.25) is 0 Å². The minimum atomic E-state index is -0.114. The molecule has 0 unspecified atom stereocenters. The van der Waals surface area contributed by atoms with E-state index >= 15 is 0 Å². The van der Waals surface area contributed by atoms with Gasteiger partial charge in [0.1, 0.15) is 5.82 Å². The largest absolute Gasteiger partial charge is 0.311 e. The number of benzene rings is 1. The van der Waals surface area contributed by atoms with E-state index in [9.17, 15) is 4.79 Å². The number of hydrogen-bond donors (Lipinski definition) is 2. The Hall–Kier alpha value is -2.40. The zero-order valence-electron chi connectivity index (χ0n) is 10.00. The van der Waals surface area contributed by atoms with Gasteiger partial charge in [-0.3, -0.25) is 4.79 Å². The Labute approximate surface area is 105 Å². The van der Waals surface area contributed by atoms with Gasteiger partial charge >= 0.3 is 0 Å². The SMILES string of the molecule is CN(C(=O)c1ccc(NN)nc1)c1ccccc1. The minimum Gasteiger partial charge on any atom is -0.311 e. The van der Waals surface area contributed by atoms with Gasteiger partial charge in [-0.15, -0.1) is 0 Å². The van der Waals surface area contributed by atoms with Gasteiger partial charge in [0.25, 0.3) is 5.91 Å². The third kappa shape index (κ3) is 2.46. The van der Waals surface area contributed by atoms with Crippen LogP contribution < -0.4 is 16.2 Å². The highest BCUT2D eigenvalue weighted by Gasteiger charge is 2.13. The van der Waals surface area contributed by atoms with Crippen LogP contribution in [0.25, 0.3) is 0 Å². The van der Waals surface area contributed by atoms with Crippen LogP contribution in [0.3, 0.4) is 0 Å². The molecule has 0 aliphatic carbocycles. The molecule has 1 amide bonds. The fraction of sp³-hybridized carbons (Fsp3) is 0.0769. The molecule has 5 nitrogen and oxygen atoms in total. The Morgan fingerprint density at radius 3 is 2.50 bits per heavy atom. The van der Waals surface area contributed by atoms with Crippen molar-refractivity contribution >= 4 is 17.4 Å². The molecule has 0 saturated heterocycles. The van der Waals surface area contributed by atoms with Gasteiger partial charge in [-0.05, 0) is 24.3 Å². The maximum atomic E-state index is 12.2. The van der Waals surface area contributed by atoms with Gasteiger partial charge < -0.3 is 10.3 Å². The molecule has 3 N–H and O–H groups in total. The molecule has 18 heavy (non-hydrogen) atoms. The zero-order chi connectivity index (χ0) is 13.0. The number of hydrazine groups is 1. The van der Waals surface area contributed by atoms with Gasteiger partial charge in [-0.25, -0.2) is 10.8 Å². The van der Waals surface area contributed by atoms with E-state index in [0.29, 0.717) is 11.4 Å². The average Bonchev–Trinajstić information content (AvgIpc) is 2.47. The highest BCUT2D eigenvalue weighted by molar-refractivity contribution is 6.05. The normalized spacial score (nSPS) is 9.89. The van der Waals surface area contributed by atoms with Crippen LogP contribution >= 0.6 is 0 Å². The van der Waals surface area contributed by atoms with Crippen molar-refractivity contribution in [3.05, 3.63) is 54.2 Å². The lowest BCUT2D eigenvalue weighted by Gasteiger charge is -2.17. The van der Waals surface area contributed by atoms with E-state index in [1.54, 1.807) is 24.1 Å². The molecule has 0 atom stereocenters. The first-order valence-electron chi connectivity index (χ1n) is 5.48.